The van der Waals surface area contributed by atoms with Gasteiger partial charge in [0, 0.05) is 13.1 Å². The number of carboxylic acid groups (broad SMARTS) is 1. The normalized spacial score (nSPS) is 14.4. The number of nitrogens with zero attached hydrogens (tertiary/aromatic N) is 1. The van der Waals surface area contributed by atoms with Gasteiger partial charge in [0.2, 0.25) is 10.0 Å². The van der Waals surface area contributed by atoms with Crippen LogP contribution in [0, 0.1) is 13.8 Å². The van der Waals surface area contributed by atoms with Crippen molar-refractivity contribution in [1.82, 2.24) is 0 Å². The molecular weight excluding hydrogens is 368 g/mol. The summed E-state index contributed by atoms with van der Waals surface area (Å²) in [6.07, 6.45) is 1.87. The zero-order valence-corrected chi connectivity index (χ0v) is 16.0. The minimum absolute atomic E-state index is 0.0643. The Morgan fingerprint density at radius 2 is 1.67 bits per heavy atom. The van der Waals surface area contributed by atoms with Crippen molar-refractivity contribution in [1.29, 1.82) is 0 Å². The predicted molar refractivity (Wildman–Crippen MR) is 102 cm³/mol. The van der Waals surface area contributed by atoms with E-state index in [0.717, 1.165) is 30.0 Å². The van der Waals surface area contributed by atoms with Crippen LogP contribution in [-0.2, 0) is 10.0 Å². The summed E-state index contributed by atoms with van der Waals surface area (Å²) < 4.78 is 30.4. The third kappa shape index (κ3) is 4.23. The molecule has 2 aromatic carbocycles. The van der Waals surface area contributed by atoms with Crippen molar-refractivity contribution >= 4 is 21.7 Å². The summed E-state index contributed by atoms with van der Waals surface area (Å²) in [4.78, 5) is 13.1. The van der Waals surface area contributed by atoms with Gasteiger partial charge in [-0.1, -0.05) is 6.07 Å². The van der Waals surface area contributed by atoms with Crippen LogP contribution in [0.5, 0.6) is 11.5 Å². The van der Waals surface area contributed by atoms with Crippen molar-refractivity contribution in [3.05, 3.63) is 47.0 Å². The average molecular weight is 390 g/mol. The molecular formula is C19H22N2O5S. The summed E-state index contributed by atoms with van der Waals surface area (Å²) in [6.45, 7) is 5.21. The molecule has 0 unspecified atom stereocenters. The van der Waals surface area contributed by atoms with Crippen molar-refractivity contribution in [2.24, 2.45) is 5.14 Å². The van der Waals surface area contributed by atoms with Crippen molar-refractivity contribution < 1.29 is 23.1 Å². The number of nitrogens with two attached hydrogens (primary N) is 1. The second-order valence-electron chi connectivity index (χ2n) is 6.79. The van der Waals surface area contributed by atoms with E-state index in [1.165, 1.54) is 6.07 Å². The Balaban J connectivity index is 2.23. The monoisotopic (exact) mass is 390 g/mol. The van der Waals surface area contributed by atoms with E-state index in [0.29, 0.717) is 24.5 Å². The maximum absolute atomic E-state index is 12.2. The Morgan fingerprint density at radius 3 is 2.19 bits per heavy atom. The maximum Gasteiger partial charge on any atom is 0.335 e. The van der Waals surface area contributed by atoms with Gasteiger partial charge in [0.1, 0.15) is 10.6 Å². The van der Waals surface area contributed by atoms with Gasteiger partial charge in [-0.25, -0.2) is 18.4 Å². The van der Waals surface area contributed by atoms with Gasteiger partial charge in [-0.2, -0.15) is 0 Å². The Kier molecular flexibility index (Phi) is 5.12. The fourth-order valence-corrected chi connectivity index (χ4v) is 4.02. The number of hydrogen-bond donors (Lipinski definition) is 2. The first-order valence-corrected chi connectivity index (χ1v) is 10.1. The smallest absolute Gasteiger partial charge is 0.335 e. The van der Waals surface area contributed by atoms with Crippen molar-refractivity contribution in [2.75, 3.05) is 18.0 Å². The van der Waals surface area contributed by atoms with Crippen LogP contribution < -0.4 is 14.8 Å². The zero-order valence-electron chi connectivity index (χ0n) is 15.2. The molecule has 3 N–H and O–H groups in total. The summed E-state index contributed by atoms with van der Waals surface area (Å²) in [5, 5.41) is 14.8. The van der Waals surface area contributed by atoms with Gasteiger partial charge in [0.25, 0.3) is 0 Å². The first-order valence-electron chi connectivity index (χ1n) is 8.60. The number of anilines is 1. The molecule has 0 bridgehead atoms. The van der Waals surface area contributed by atoms with E-state index in [2.05, 4.69) is 0 Å². The molecule has 1 heterocycles. The third-order valence-electron chi connectivity index (χ3n) is 4.45. The molecule has 0 saturated carbocycles. The predicted octanol–water partition coefficient (Wildman–Crippen LogP) is 3.04. The highest BCUT2D eigenvalue weighted by Gasteiger charge is 2.27. The topological polar surface area (TPSA) is 110 Å². The average Bonchev–Trinajstić information content (AvgIpc) is 3.06. The van der Waals surface area contributed by atoms with E-state index in [1.807, 2.05) is 24.8 Å². The first kappa shape index (κ1) is 19.2. The van der Waals surface area contributed by atoms with Crippen LogP contribution in [0.25, 0.3) is 0 Å². The highest BCUT2D eigenvalue weighted by molar-refractivity contribution is 7.89. The Bertz CT molecular complexity index is 975. The summed E-state index contributed by atoms with van der Waals surface area (Å²) in [7, 11) is -4.20. The molecule has 144 valence electrons. The first-order chi connectivity index (χ1) is 12.6. The van der Waals surface area contributed by atoms with Gasteiger partial charge < -0.3 is 14.7 Å². The van der Waals surface area contributed by atoms with E-state index in [1.54, 1.807) is 12.1 Å². The Hall–Kier alpha value is -2.58. The molecule has 2 aromatic rings. The molecule has 7 nitrogen and oxygen atoms in total. The van der Waals surface area contributed by atoms with Gasteiger partial charge >= 0.3 is 5.97 Å². The summed E-state index contributed by atoms with van der Waals surface area (Å²) in [5.41, 5.74) is 2.21. The lowest BCUT2D eigenvalue weighted by molar-refractivity contribution is 0.0696. The SMILES string of the molecule is Cc1cc(C)cc(Oc2c(N3CCCC3)cc(C(=O)O)cc2S(N)(=O)=O)c1. The van der Waals surface area contributed by atoms with E-state index in [-0.39, 0.29) is 16.2 Å². The van der Waals surface area contributed by atoms with E-state index >= 15 is 0 Å². The second kappa shape index (κ2) is 7.21. The second-order valence-corrected chi connectivity index (χ2v) is 8.32. The van der Waals surface area contributed by atoms with Crippen LogP contribution in [0.1, 0.15) is 34.3 Å². The number of aromatic carboxylic acids is 1. The highest BCUT2D eigenvalue weighted by Crippen LogP contribution is 2.40. The number of aryl methyl sites for hydroxylation is 2. The lowest BCUT2D eigenvalue weighted by Gasteiger charge is -2.23. The number of primary sulfonamides is 1. The molecule has 0 atom stereocenters. The quantitative estimate of drug-likeness (QED) is 0.812. The van der Waals surface area contributed by atoms with Crippen molar-refractivity contribution in [3.63, 3.8) is 0 Å². The highest BCUT2D eigenvalue weighted by atomic mass is 32.2. The van der Waals surface area contributed by atoms with Crippen molar-refractivity contribution in [3.8, 4) is 11.5 Å². The Morgan fingerprint density at radius 1 is 1.07 bits per heavy atom. The summed E-state index contributed by atoms with van der Waals surface area (Å²) >= 11 is 0. The molecule has 0 amide bonds. The number of ether oxygens (including phenoxy) is 1. The molecule has 1 fully saturated rings. The number of carbonyl (C=O) groups is 1. The van der Waals surface area contributed by atoms with Crippen LogP contribution >= 0.6 is 0 Å². The number of carboxylic acids is 1. The van der Waals surface area contributed by atoms with E-state index in [4.69, 9.17) is 9.88 Å². The Labute approximate surface area is 158 Å². The number of hydrogen-bond acceptors (Lipinski definition) is 5. The van der Waals surface area contributed by atoms with E-state index in [9.17, 15) is 18.3 Å². The van der Waals surface area contributed by atoms with Gasteiger partial charge in [0.05, 0.1) is 11.3 Å². The lowest BCUT2D eigenvalue weighted by Crippen LogP contribution is -2.21. The molecule has 0 aromatic heterocycles. The fourth-order valence-electron chi connectivity index (χ4n) is 3.33. The van der Waals surface area contributed by atoms with Gasteiger partial charge in [0.15, 0.2) is 5.75 Å². The molecule has 1 aliphatic rings. The zero-order chi connectivity index (χ0) is 19.8. The number of rotatable bonds is 5. The van der Waals surface area contributed by atoms with Gasteiger partial charge in [-0.05, 0) is 62.1 Å². The number of benzene rings is 2. The summed E-state index contributed by atoms with van der Waals surface area (Å²) in [6, 6.07) is 8.05. The molecule has 1 saturated heterocycles. The van der Waals surface area contributed by atoms with Crippen molar-refractivity contribution in [2.45, 2.75) is 31.6 Å². The molecule has 0 aliphatic carbocycles. The standard InChI is InChI=1S/C19H22N2O5S/c1-12-7-13(2)9-15(8-12)26-18-16(21-5-3-4-6-21)10-14(19(22)23)11-17(18)27(20,24)25/h7-11H,3-6H2,1-2H3,(H,22,23)(H2,20,24,25). The lowest BCUT2D eigenvalue weighted by atomic mass is 10.1. The minimum Gasteiger partial charge on any atom is -0.478 e. The molecule has 1 aliphatic heterocycles. The summed E-state index contributed by atoms with van der Waals surface area (Å²) in [5.74, 6) is -0.686. The van der Waals surface area contributed by atoms with Gasteiger partial charge in [-0.3, -0.25) is 0 Å². The molecule has 3 rings (SSSR count). The van der Waals surface area contributed by atoms with Gasteiger partial charge in [-0.15, -0.1) is 0 Å². The molecule has 8 heteroatoms. The minimum atomic E-state index is -4.20. The van der Waals surface area contributed by atoms with Crippen LogP contribution in [0.4, 0.5) is 5.69 Å². The van der Waals surface area contributed by atoms with Crippen LogP contribution in [0.3, 0.4) is 0 Å². The fraction of sp³-hybridized carbons (Fsp3) is 0.316. The van der Waals surface area contributed by atoms with Crippen LogP contribution in [0.2, 0.25) is 0 Å². The number of sulfonamides is 1. The third-order valence-corrected chi connectivity index (χ3v) is 5.37. The van der Waals surface area contributed by atoms with Crippen LogP contribution in [0.15, 0.2) is 35.2 Å². The van der Waals surface area contributed by atoms with Crippen LogP contribution in [-0.4, -0.2) is 32.6 Å². The largest absolute Gasteiger partial charge is 0.478 e. The maximum atomic E-state index is 12.2. The molecule has 0 radical (unpaired) electrons. The molecule has 0 spiro atoms. The molecule has 27 heavy (non-hydrogen) atoms. The van der Waals surface area contributed by atoms with E-state index < -0.39 is 16.0 Å².